The minimum atomic E-state index is 0.227. The summed E-state index contributed by atoms with van der Waals surface area (Å²) >= 11 is 0. The quantitative estimate of drug-likeness (QED) is 0.595. The molecule has 0 spiro atoms. The van der Waals surface area contributed by atoms with Crippen LogP contribution in [0.25, 0.3) is 0 Å². The van der Waals surface area contributed by atoms with Crippen molar-refractivity contribution in [2.45, 2.75) is 19.3 Å². The summed E-state index contributed by atoms with van der Waals surface area (Å²) in [4.78, 5) is 11.9. The maximum atomic E-state index is 11.9. The smallest absolute Gasteiger partial charge is 0.159 e. The minimum Gasteiger partial charge on any atom is -0.295 e. The second-order valence-corrected chi connectivity index (χ2v) is 4.94. The van der Waals surface area contributed by atoms with Gasteiger partial charge in [-0.2, -0.15) is 0 Å². The Bertz CT molecular complexity index is 375. The number of hydrogen-bond donors (Lipinski definition) is 0. The Kier molecular flexibility index (Phi) is 1.95. The molecule has 0 unspecified atom stereocenters. The second kappa shape index (κ2) is 3.19. The fourth-order valence-electron chi connectivity index (χ4n) is 3.61. The molecule has 3 aliphatic carbocycles. The Morgan fingerprint density at radius 2 is 2.27 bits per heavy atom. The van der Waals surface area contributed by atoms with Crippen LogP contribution in [0.1, 0.15) is 19.3 Å². The van der Waals surface area contributed by atoms with Crippen molar-refractivity contribution < 1.29 is 4.79 Å². The summed E-state index contributed by atoms with van der Waals surface area (Å²) in [6.45, 7) is 3.88. The normalized spacial score (nSPS) is 42.4. The van der Waals surface area contributed by atoms with Crippen LogP contribution in [-0.4, -0.2) is 5.78 Å². The molecule has 78 valence electrons. The molecule has 0 radical (unpaired) electrons. The van der Waals surface area contributed by atoms with Crippen molar-refractivity contribution in [1.82, 2.24) is 0 Å². The number of hydrogen-bond acceptors (Lipinski definition) is 1. The van der Waals surface area contributed by atoms with E-state index >= 15 is 0 Å². The number of allylic oxidation sites excluding steroid dienone is 5. The number of carbonyl (C=O) groups is 1. The lowest BCUT2D eigenvalue weighted by Gasteiger charge is -2.17. The van der Waals surface area contributed by atoms with Crippen LogP contribution in [0.4, 0.5) is 0 Å². The highest BCUT2D eigenvalue weighted by Gasteiger charge is 2.49. The fraction of sp³-hybridized carbons (Fsp3) is 0.500. The molecule has 0 saturated heterocycles. The molecule has 0 amide bonds. The van der Waals surface area contributed by atoms with E-state index in [2.05, 4.69) is 18.7 Å². The first-order chi connectivity index (χ1) is 7.31. The molecule has 0 aliphatic heterocycles. The van der Waals surface area contributed by atoms with Crippen molar-refractivity contribution in [2.75, 3.05) is 0 Å². The highest BCUT2D eigenvalue weighted by atomic mass is 16.1. The summed E-state index contributed by atoms with van der Waals surface area (Å²) < 4.78 is 0. The summed E-state index contributed by atoms with van der Waals surface area (Å²) in [5, 5.41) is 0. The Labute approximate surface area is 90.6 Å². The average Bonchev–Trinajstić information content (AvgIpc) is 2.68. The molecule has 1 heteroatoms. The van der Waals surface area contributed by atoms with Crippen molar-refractivity contribution in [3.05, 3.63) is 36.5 Å². The van der Waals surface area contributed by atoms with Gasteiger partial charge in [0.05, 0.1) is 0 Å². The molecule has 0 aromatic rings. The molecule has 4 atom stereocenters. The Hall–Kier alpha value is -1.11. The lowest BCUT2D eigenvalue weighted by Crippen LogP contribution is -2.18. The first-order valence-electron chi connectivity index (χ1n) is 5.85. The molecule has 1 nitrogen and oxygen atoms in total. The molecular formula is C14H16O. The molecule has 0 bridgehead atoms. The molecule has 0 aromatic carbocycles. The lowest BCUT2D eigenvalue weighted by molar-refractivity contribution is -0.118. The highest BCUT2D eigenvalue weighted by molar-refractivity contribution is 5.96. The first kappa shape index (κ1) is 9.14. The number of ketones is 1. The standard InChI is InChI=1S/C14H16O/c1-2-9-7-10-5-3-4-6-11-8-12(15)14(9)13(10)11/h2-3,5,8-10,13-14H,1,4,6-7H2/t9-,10+,13-,14+/m0/s1. The van der Waals surface area contributed by atoms with Gasteiger partial charge in [-0.05, 0) is 43.1 Å². The van der Waals surface area contributed by atoms with Gasteiger partial charge in [-0.15, -0.1) is 6.58 Å². The highest BCUT2D eigenvalue weighted by Crippen LogP contribution is 2.52. The molecule has 1 fully saturated rings. The van der Waals surface area contributed by atoms with E-state index in [0.29, 0.717) is 23.5 Å². The molecule has 0 N–H and O–H groups in total. The SMILES string of the molecule is C=C[C@H]1C[C@H]2C=CCCC3=CC(=O)[C@@H]1[C@H]32. The van der Waals surface area contributed by atoms with Crippen LogP contribution in [0.2, 0.25) is 0 Å². The van der Waals surface area contributed by atoms with Gasteiger partial charge in [0.15, 0.2) is 5.78 Å². The molecule has 1 saturated carbocycles. The van der Waals surface area contributed by atoms with Crippen molar-refractivity contribution in [3.8, 4) is 0 Å². The summed E-state index contributed by atoms with van der Waals surface area (Å²) in [5.41, 5.74) is 1.41. The maximum Gasteiger partial charge on any atom is 0.159 e. The topological polar surface area (TPSA) is 17.1 Å². The Morgan fingerprint density at radius 1 is 1.40 bits per heavy atom. The molecular weight excluding hydrogens is 184 g/mol. The van der Waals surface area contributed by atoms with Crippen LogP contribution in [-0.2, 0) is 4.79 Å². The van der Waals surface area contributed by atoms with Gasteiger partial charge in [0, 0.05) is 5.92 Å². The van der Waals surface area contributed by atoms with Crippen LogP contribution < -0.4 is 0 Å². The van der Waals surface area contributed by atoms with Crippen LogP contribution >= 0.6 is 0 Å². The van der Waals surface area contributed by atoms with E-state index < -0.39 is 0 Å². The fourth-order valence-corrected chi connectivity index (χ4v) is 3.61. The van der Waals surface area contributed by atoms with Gasteiger partial charge in [-0.25, -0.2) is 0 Å². The zero-order chi connectivity index (χ0) is 10.4. The summed E-state index contributed by atoms with van der Waals surface area (Å²) in [6, 6.07) is 0. The third kappa shape index (κ3) is 1.19. The van der Waals surface area contributed by atoms with Gasteiger partial charge in [-0.3, -0.25) is 4.79 Å². The zero-order valence-corrected chi connectivity index (χ0v) is 8.86. The van der Waals surface area contributed by atoms with Gasteiger partial charge in [-0.1, -0.05) is 23.8 Å². The summed E-state index contributed by atoms with van der Waals surface area (Å²) in [6.07, 6.45) is 11.9. The van der Waals surface area contributed by atoms with E-state index in [-0.39, 0.29) is 5.92 Å². The van der Waals surface area contributed by atoms with Gasteiger partial charge in [0.25, 0.3) is 0 Å². The van der Waals surface area contributed by atoms with E-state index in [4.69, 9.17) is 0 Å². The zero-order valence-electron chi connectivity index (χ0n) is 8.86. The Morgan fingerprint density at radius 3 is 3.07 bits per heavy atom. The van der Waals surface area contributed by atoms with Crippen molar-refractivity contribution in [2.24, 2.45) is 23.7 Å². The predicted octanol–water partition coefficient (Wildman–Crippen LogP) is 2.90. The van der Waals surface area contributed by atoms with Crippen LogP contribution in [0.15, 0.2) is 36.5 Å². The number of rotatable bonds is 1. The van der Waals surface area contributed by atoms with Crippen molar-refractivity contribution in [1.29, 1.82) is 0 Å². The van der Waals surface area contributed by atoms with Crippen LogP contribution in [0, 0.1) is 23.7 Å². The van der Waals surface area contributed by atoms with Gasteiger partial charge < -0.3 is 0 Å². The van der Waals surface area contributed by atoms with Gasteiger partial charge in [0.1, 0.15) is 0 Å². The monoisotopic (exact) mass is 200 g/mol. The van der Waals surface area contributed by atoms with E-state index in [1.54, 1.807) is 0 Å². The van der Waals surface area contributed by atoms with Crippen molar-refractivity contribution >= 4 is 5.78 Å². The lowest BCUT2D eigenvalue weighted by atomic mass is 9.85. The third-order valence-corrected chi connectivity index (χ3v) is 4.22. The second-order valence-electron chi connectivity index (χ2n) is 4.94. The van der Waals surface area contributed by atoms with E-state index in [1.807, 2.05) is 12.2 Å². The first-order valence-corrected chi connectivity index (χ1v) is 5.85. The van der Waals surface area contributed by atoms with Gasteiger partial charge >= 0.3 is 0 Å². The third-order valence-electron chi connectivity index (χ3n) is 4.22. The summed E-state index contributed by atoms with van der Waals surface area (Å²) in [5.74, 6) is 2.10. The molecule has 0 aromatic heterocycles. The predicted molar refractivity (Wildman–Crippen MR) is 60.2 cm³/mol. The van der Waals surface area contributed by atoms with Gasteiger partial charge in [0.2, 0.25) is 0 Å². The summed E-state index contributed by atoms with van der Waals surface area (Å²) in [7, 11) is 0. The van der Waals surface area contributed by atoms with Crippen LogP contribution in [0.5, 0.6) is 0 Å². The molecule has 0 heterocycles. The minimum absolute atomic E-state index is 0.227. The molecule has 15 heavy (non-hydrogen) atoms. The number of carbonyl (C=O) groups excluding carboxylic acids is 1. The van der Waals surface area contributed by atoms with E-state index in [1.165, 1.54) is 5.57 Å². The largest absolute Gasteiger partial charge is 0.295 e. The maximum absolute atomic E-state index is 11.9. The van der Waals surface area contributed by atoms with E-state index in [9.17, 15) is 4.79 Å². The average molecular weight is 200 g/mol. The van der Waals surface area contributed by atoms with Crippen molar-refractivity contribution in [3.63, 3.8) is 0 Å². The molecule has 3 aliphatic rings. The van der Waals surface area contributed by atoms with Crippen LogP contribution in [0.3, 0.4) is 0 Å². The van der Waals surface area contributed by atoms with E-state index in [0.717, 1.165) is 19.3 Å². The molecule has 3 rings (SSSR count). The Balaban J connectivity index is 2.03.